The van der Waals surface area contributed by atoms with Gasteiger partial charge in [0.2, 0.25) is 5.91 Å². The molecule has 1 aliphatic heterocycles. The van der Waals surface area contributed by atoms with Crippen LogP contribution in [0.2, 0.25) is 0 Å². The fraction of sp³-hybridized carbons (Fsp3) is 0.444. The maximum Gasteiger partial charge on any atom is 0.270 e. The first-order valence-electron chi connectivity index (χ1n) is 8.54. The number of thioether (sulfide) groups is 1. The number of para-hydroxylation sites is 1. The number of ether oxygens (including phenoxy) is 1. The van der Waals surface area contributed by atoms with E-state index < -0.39 is 0 Å². The normalized spacial score (nSPS) is 18.2. The summed E-state index contributed by atoms with van der Waals surface area (Å²) in [6.45, 7) is 6.54. The molecular formula is C18H23N3O3S. The summed E-state index contributed by atoms with van der Waals surface area (Å²) in [6.07, 6.45) is 0.847. The summed E-state index contributed by atoms with van der Waals surface area (Å²) in [5.41, 5.74) is 1.34. The van der Waals surface area contributed by atoms with Crippen molar-refractivity contribution in [2.45, 2.75) is 38.5 Å². The molecule has 0 unspecified atom stereocenters. The molecule has 1 aromatic carbocycles. The summed E-state index contributed by atoms with van der Waals surface area (Å²) in [5.74, 6) is 1.52. The molecule has 1 amide bonds. The molecule has 0 saturated heterocycles. The van der Waals surface area contributed by atoms with Crippen LogP contribution in [0.4, 0.5) is 5.82 Å². The average molecular weight is 361 g/mol. The first kappa shape index (κ1) is 17.7. The lowest BCUT2D eigenvalue weighted by molar-refractivity contribution is -0.113. The van der Waals surface area contributed by atoms with Gasteiger partial charge in [0.25, 0.3) is 5.56 Å². The number of hydrogen-bond acceptors (Lipinski definition) is 4. The van der Waals surface area contributed by atoms with Crippen molar-refractivity contribution in [3.63, 3.8) is 0 Å². The Morgan fingerprint density at radius 2 is 2.08 bits per heavy atom. The Kier molecular flexibility index (Phi) is 5.22. The van der Waals surface area contributed by atoms with Crippen LogP contribution in [0.5, 0.6) is 5.75 Å². The number of fused-ring (bicyclic) bond motifs is 1. The van der Waals surface area contributed by atoms with Crippen LogP contribution < -0.4 is 15.6 Å². The summed E-state index contributed by atoms with van der Waals surface area (Å²) < 4.78 is 7.53. The Balaban J connectivity index is 2.17. The number of anilines is 1. The second-order valence-corrected chi connectivity index (χ2v) is 7.13. The van der Waals surface area contributed by atoms with E-state index in [2.05, 4.69) is 10.4 Å². The number of benzene rings is 1. The third kappa shape index (κ3) is 3.33. The molecule has 0 aliphatic carbocycles. The molecule has 0 saturated carbocycles. The first-order valence-corrected chi connectivity index (χ1v) is 9.59. The topological polar surface area (TPSA) is 76.1 Å². The number of rotatable bonds is 5. The van der Waals surface area contributed by atoms with Crippen LogP contribution in [0.1, 0.15) is 49.6 Å². The highest BCUT2D eigenvalue weighted by molar-refractivity contribution is 8.00. The molecule has 0 bridgehead atoms. The molecular weight excluding hydrogens is 338 g/mol. The van der Waals surface area contributed by atoms with E-state index in [-0.39, 0.29) is 22.8 Å². The highest BCUT2D eigenvalue weighted by Crippen LogP contribution is 2.43. The molecule has 2 atom stereocenters. The van der Waals surface area contributed by atoms with Crippen LogP contribution in [-0.4, -0.2) is 28.0 Å². The molecule has 7 heteroatoms. The predicted molar refractivity (Wildman–Crippen MR) is 101 cm³/mol. The number of H-pyrrole nitrogens is 1. The van der Waals surface area contributed by atoms with Crippen LogP contribution in [0.25, 0.3) is 0 Å². The van der Waals surface area contributed by atoms with E-state index in [1.54, 1.807) is 4.68 Å². The van der Waals surface area contributed by atoms with Gasteiger partial charge in [0, 0.05) is 11.6 Å². The maximum absolute atomic E-state index is 12.7. The zero-order valence-corrected chi connectivity index (χ0v) is 15.5. The van der Waals surface area contributed by atoms with Crippen molar-refractivity contribution in [3.05, 3.63) is 45.7 Å². The molecule has 2 heterocycles. The number of aromatic nitrogens is 2. The van der Waals surface area contributed by atoms with Crippen LogP contribution in [-0.2, 0) is 4.79 Å². The van der Waals surface area contributed by atoms with Gasteiger partial charge in [0.1, 0.15) is 11.6 Å². The van der Waals surface area contributed by atoms with Gasteiger partial charge >= 0.3 is 0 Å². The third-order valence-corrected chi connectivity index (χ3v) is 5.65. The fourth-order valence-electron chi connectivity index (χ4n) is 2.99. The van der Waals surface area contributed by atoms with Crippen molar-refractivity contribution < 1.29 is 9.53 Å². The number of aromatic amines is 1. The fourth-order valence-corrected chi connectivity index (χ4v) is 4.14. The summed E-state index contributed by atoms with van der Waals surface area (Å²) in [7, 11) is 0. The molecule has 2 aromatic rings. The van der Waals surface area contributed by atoms with E-state index in [4.69, 9.17) is 4.74 Å². The van der Waals surface area contributed by atoms with Crippen molar-refractivity contribution in [1.29, 1.82) is 0 Å². The van der Waals surface area contributed by atoms with Crippen molar-refractivity contribution in [3.8, 4) is 5.75 Å². The number of hydrogen-bond donors (Lipinski definition) is 2. The highest BCUT2D eigenvalue weighted by atomic mass is 32.2. The zero-order chi connectivity index (χ0) is 18.0. The quantitative estimate of drug-likeness (QED) is 0.856. The molecule has 0 fully saturated rings. The number of nitrogens with zero attached hydrogens (tertiary/aromatic N) is 1. The second kappa shape index (κ2) is 7.39. The van der Waals surface area contributed by atoms with Gasteiger partial charge < -0.3 is 10.1 Å². The minimum Gasteiger partial charge on any atom is -0.494 e. The monoisotopic (exact) mass is 361 g/mol. The Morgan fingerprint density at radius 3 is 2.80 bits per heavy atom. The zero-order valence-electron chi connectivity index (χ0n) is 14.7. The highest BCUT2D eigenvalue weighted by Gasteiger charge is 2.32. The standard InChI is InChI=1S/C18H23N3O3S/c1-4-11(3)21-17-15(18(23)20-21)16(25-10-14(22)19-17)12-8-6-7-9-13(12)24-5-2/h6-9,11,16H,4-5,10H2,1-3H3,(H,19,22)(H,20,23)/t11-,16-/m0/s1. The van der Waals surface area contributed by atoms with Crippen LogP contribution in [0.3, 0.4) is 0 Å². The van der Waals surface area contributed by atoms with E-state index in [0.29, 0.717) is 23.7 Å². The van der Waals surface area contributed by atoms with Crippen LogP contribution >= 0.6 is 11.8 Å². The van der Waals surface area contributed by atoms with Gasteiger partial charge in [-0.25, -0.2) is 0 Å². The number of amides is 1. The van der Waals surface area contributed by atoms with E-state index in [0.717, 1.165) is 17.7 Å². The van der Waals surface area contributed by atoms with E-state index >= 15 is 0 Å². The van der Waals surface area contributed by atoms with Crippen molar-refractivity contribution >= 4 is 23.5 Å². The molecule has 2 N–H and O–H groups in total. The van der Waals surface area contributed by atoms with E-state index in [1.165, 1.54) is 11.8 Å². The molecule has 1 aromatic heterocycles. The molecule has 134 valence electrons. The number of nitrogens with one attached hydrogen (secondary N) is 2. The molecule has 25 heavy (non-hydrogen) atoms. The van der Waals surface area contributed by atoms with Gasteiger partial charge in [0.05, 0.1) is 23.2 Å². The predicted octanol–water partition coefficient (Wildman–Crippen LogP) is 3.32. The van der Waals surface area contributed by atoms with E-state index in [1.807, 2.05) is 45.0 Å². The molecule has 0 spiro atoms. The summed E-state index contributed by atoms with van der Waals surface area (Å²) in [4.78, 5) is 24.9. The molecule has 0 radical (unpaired) electrons. The summed E-state index contributed by atoms with van der Waals surface area (Å²) in [5, 5.41) is 5.55. The van der Waals surface area contributed by atoms with Crippen molar-refractivity contribution in [2.24, 2.45) is 0 Å². The Morgan fingerprint density at radius 1 is 1.32 bits per heavy atom. The van der Waals surface area contributed by atoms with Gasteiger partial charge in [-0.1, -0.05) is 25.1 Å². The first-order chi connectivity index (χ1) is 12.1. The minimum atomic E-state index is -0.259. The molecule has 3 rings (SSSR count). The molecule has 6 nitrogen and oxygen atoms in total. The number of carbonyl (C=O) groups is 1. The Bertz CT molecular complexity index is 827. The SMILES string of the molecule is CCOc1ccccc1[C@@H]1SCC(=O)Nc2c1c(=O)[nH]n2[C@@H](C)CC. The van der Waals surface area contributed by atoms with Gasteiger partial charge in [-0.2, -0.15) is 0 Å². The van der Waals surface area contributed by atoms with Crippen LogP contribution in [0.15, 0.2) is 29.1 Å². The third-order valence-electron chi connectivity index (χ3n) is 4.40. The van der Waals surface area contributed by atoms with Gasteiger partial charge in [-0.3, -0.25) is 19.4 Å². The van der Waals surface area contributed by atoms with E-state index in [9.17, 15) is 9.59 Å². The Labute approximate surface area is 150 Å². The van der Waals surface area contributed by atoms with Gasteiger partial charge in [-0.15, -0.1) is 11.8 Å². The lowest BCUT2D eigenvalue weighted by Gasteiger charge is -2.18. The summed E-state index contributed by atoms with van der Waals surface area (Å²) in [6, 6.07) is 7.79. The molecule has 1 aliphatic rings. The van der Waals surface area contributed by atoms with Crippen molar-refractivity contribution in [1.82, 2.24) is 9.78 Å². The number of carbonyl (C=O) groups excluding carboxylic acids is 1. The lowest BCUT2D eigenvalue weighted by Crippen LogP contribution is -2.18. The van der Waals surface area contributed by atoms with Crippen LogP contribution in [0, 0.1) is 0 Å². The maximum atomic E-state index is 12.7. The summed E-state index contributed by atoms with van der Waals surface area (Å²) >= 11 is 1.45. The van der Waals surface area contributed by atoms with Crippen molar-refractivity contribution in [2.75, 3.05) is 17.7 Å². The smallest absolute Gasteiger partial charge is 0.270 e. The van der Waals surface area contributed by atoms with Gasteiger partial charge in [0.15, 0.2) is 0 Å². The lowest BCUT2D eigenvalue weighted by atomic mass is 10.0. The largest absolute Gasteiger partial charge is 0.494 e. The second-order valence-electron chi connectivity index (χ2n) is 6.04. The minimum absolute atomic E-state index is 0.0858. The van der Waals surface area contributed by atoms with Gasteiger partial charge in [-0.05, 0) is 26.3 Å². The average Bonchev–Trinajstić information content (AvgIpc) is 2.82. The Hall–Kier alpha value is -2.15.